The second-order valence-electron chi connectivity index (χ2n) is 2.41. The fourth-order valence-corrected chi connectivity index (χ4v) is 0.615. The first-order valence-electron chi connectivity index (χ1n) is 3.31. The van der Waals surface area contributed by atoms with Crippen molar-refractivity contribution in [2.75, 3.05) is 0 Å². The van der Waals surface area contributed by atoms with Gasteiger partial charge >= 0.3 is 6.17 Å². The third-order valence-electron chi connectivity index (χ3n) is 1.39. The lowest BCUT2D eigenvalue weighted by Gasteiger charge is -2.05. The first-order valence-corrected chi connectivity index (χ1v) is 3.31. The zero-order valence-electron chi connectivity index (χ0n) is 6.74. The largest absolute Gasteiger partial charge is 0.453 e. The Morgan fingerprint density at radius 2 is 1.77 bits per heavy atom. The van der Waals surface area contributed by atoms with E-state index >= 15 is 0 Å². The maximum Gasteiger partial charge on any atom is 0.453 e. The summed E-state index contributed by atoms with van der Waals surface area (Å²) in [6.45, 7) is 1.00. The van der Waals surface area contributed by atoms with Gasteiger partial charge in [-0.05, 0) is 6.92 Å². The van der Waals surface area contributed by atoms with Gasteiger partial charge in [0.15, 0.2) is 5.78 Å². The van der Waals surface area contributed by atoms with E-state index in [-0.39, 0.29) is 0 Å². The maximum absolute atomic E-state index is 10.4. The number of hydrogen-bond acceptors (Lipinski definition) is 6. The second-order valence-corrected chi connectivity index (χ2v) is 2.41. The van der Waals surface area contributed by atoms with Crippen molar-refractivity contribution >= 4 is 5.78 Å². The van der Waals surface area contributed by atoms with Crippen LogP contribution in [0.15, 0.2) is 0 Å². The van der Waals surface area contributed by atoms with Gasteiger partial charge in [-0.2, -0.15) is 0 Å². The molecule has 0 bridgehead atoms. The van der Waals surface area contributed by atoms with Crippen LogP contribution in [0, 0.1) is 20.2 Å². The quantitative estimate of drug-likeness (QED) is 0.345. The van der Waals surface area contributed by atoms with Crippen LogP contribution in [0.5, 0.6) is 0 Å². The van der Waals surface area contributed by atoms with Crippen LogP contribution < -0.4 is 0 Å². The molecule has 0 saturated carbocycles. The van der Waals surface area contributed by atoms with Crippen molar-refractivity contribution in [2.24, 2.45) is 0 Å². The molecule has 1 unspecified atom stereocenters. The van der Waals surface area contributed by atoms with E-state index < -0.39 is 34.3 Å². The number of carbonyl (C=O) groups is 1. The highest BCUT2D eigenvalue weighted by Crippen LogP contribution is 2.03. The molecule has 0 amide bonds. The Bertz CT molecular complexity index is 225. The number of nitrogens with zero attached hydrogens (tertiary/aromatic N) is 2. The molecule has 0 radical (unpaired) electrons. The Labute approximate surface area is 72.5 Å². The fraction of sp³-hybridized carbons (Fsp3) is 0.800. The lowest BCUT2D eigenvalue weighted by molar-refractivity contribution is -0.743. The van der Waals surface area contributed by atoms with Gasteiger partial charge in [-0.15, -0.1) is 0 Å². The van der Waals surface area contributed by atoms with Crippen LogP contribution in [0.25, 0.3) is 0 Å². The van der Waals surface area contributed by atoms with Gasteiger partial charge in [-0.1, -0.05) is 0 Å². The van der Waals surface area contributed by atoms with E-state index in [9.17, 15) is 25.0 Å². The van der Waals surface area contributed by atoms with Gasteiger partial charge in [0.2, 0.25) is 0 Å². The summed E-state index contributed by atoms with van der Waals surface area (Å²) in [4.78, 5) is 28.2. The number of nitro groups is 2. The van der Waals surface area contributed by atoms with Gasteiger partial charge in [0, 0.05) is 0 Å². The van der Waals surface area contributed by atoms with Gasteiger partial charge in [-0.25, -0.2) is 0 Å². The van der Waals surface area contributed by atoms with Gasteiger partial charge in [0.05, 0.1) is 9.85 Å². The molecule has 0 rings (SSSR count). The molecule has 1 N–H and O–H groups in total. The molecular formula is C5H8N2O6. The molecule has 8 nitrogen and oxygen atoms in total. The minimum absolute atomic E-state index is 0.728. The molecule has 0 aliphatic rings. The highest BCUT2D eigenvalue weighted by atomic mass is 16.7. The predicted molar refractivity (Wildman–Crippen MR) is 39.1 cm³/mol. The summed E-state index contributed by atoms with van der Waals surface area (Å²) in [5.74, 6) is -0.728. The predicted octanol–water partition coefficient (Wildman–Crippen LogP) is -0.794. The van der Waals surface area contributed by atoms with Crippen molar-refractivity contribution in [3.05, 3.63) is 20.2 Å². The van der Waals surface area contributed by atoms with Crippen LogP contribution in [0.2, 0.25) is 0 Å². The van der Waals surface area contributed by atoms with Crippen molar-refractivity contribution in [1.29, 1.82) is 0 Å². The summed E-state index contributed by atoms with van der Waals surface area (Å²) >= 11 is 0. The Hall–Kier alpha value is -1.57. The number of Topliss-reactive ketones (excluding diaryl/α,β-unsaturated/α-hetero) is 1. The van der Waals surface area contributed by atoms with Gasteiger partial charge < -0.3 is 5.11 Å². The molecule has 8 heteroatoms. The van der Waals surface area contributed by atoms with E-state index in [4.69, 9.17) is 5.11 Å². The molecule has 0 heterocycles. The molecule has 13 heavy (non-hydrogen) atoms. The van der Waals surface area contributed by atoms with Crippen LogP contribution in [-0.4, -0.2) is 33.0 Å². The third kappa shape index (κ3) is 3.56. The van der Waals surface area contributed by atoms with Crippen molar-refractivity contribution < 1.29 is 19.7 Å². The standard InChI is InChI=1S/C5H8N2O6/c1-3(8)4(9)2-5(6(10)11)7(12)13/h4-5,9H,2H2,1H3. The highest BCUT2D eigenvalue weighted by Gasteiger charge is 2.36. The monoisotopic (exact) mass is 192 g/mol. The van der Waals surface area contributed by atoms with Gasteiger partial charge in [-0.3, -0.25) is 25.0 Å². The molecule has 0 aliphatic heterocycles. The van der Waals surface area contributed by atoms with E-state index in [1.54, 1.807) is 0 Å². The van der Waals surface area contributed by atoms with Crippen LogP contribution in [0.1, 0.15) is 13.3 Å². The number of hydrogen-bond donors (Lipinski definition) is 1. The lowest BCUT2D eigenvalue weighted by Crippen LogP contribution is -2.35. The normalized spacial score (nSPS) is 12.5. The molecule has 1 atom stereocenters. The van der Waals surface area contributed by atoms with Crippen molar-refractivity contribution in [3.8, 4) is 0 Å². The summed E-state index contributed by atoms with van der Waals surface area (Å²) in [7, 11) is 0. The third-order valence-corrected chi connectivity index (χ3v) is 1.39. The molecule has 0 aliphatic carbocycles. The second kappa shape index (κ2) is 4.45. The van der Waals surface area contributed by atoms with Crippen molar-refractivity contribution in [2.45, 2.75) is 25.6 Å². The zero-order chi connectivity index (χ0) is 10.6. The number of carbonyl (C=O) groups excluding carboxylic acids is 1. The van der Waals surface area contributed by atoms with E-state index in [0.29, 0.717) is 0 Å². The van der Waals surface area contributed by atoms with Crippen LogP contribution in [0.4, 0.5) is 0 Å². The molecular weight excluding hydrogens is 184 g/mol. The number of ketones is 1. The molecule has 0 spiro atoms. The summed E-state index contributed by atoms with van der Waals surface area (Å²) in [5, 5.41) is 28.9. The molecule has 74 valence electrons. The minimum atomic E-state index is -2.13. The Kier molecular flexibility index (Phi) is 3.92. The van der Waals surface area contributed by atoms with Gasteiger partial charge in [0.25, 0.3) is 0 Å². The zero-order valence-corrected chi connectivity index (χ0v) is 6.74. The number of aliphatic hydroxyl groups is 1. The van der Waals surface area contributed by atoms with Gasteiger partial charge in [0.1, 0.15) is 12.5 Å². The van der Waals surface area contributed by atoms with E-state index in [0.717, 1.165) is 6.92 Å². The van der Waals surface area contributed by atoms with Crippen molar-refractivity contribution in [3.63, 3.8) is 0 Å². The van der Waals surface area contributed by atoms with Crippen LogP contribution in [0.3, 0.4) is 0 Å². The SMILES string of the molecule is CC(=O)C(O)CC([N+](=O)[O-])[N+](=O)[O-]. The first-order chi connectivity index (χ1) is 5.86. The molecule has 0 aromatic rings. The highest BCUT2D eigenvalue weighted by molar-refractivity contribution is 5.80. The van der Waals surface area contributed by atoms with Crippen LogP contribution >= 0.6 is 0 Å². The maximum atomic E-state index is 10.4. The summed E-state index contributed by atoms with van der Waals surface area (Å²) < 4.78 is 0. The van der Waals surface area contributed by atoms with E-state index in [1.165, 1.54) is 0 Å². The lowest BCUT2D eigenvalue weighted by atomic mass is 10.1. The molecule has 0 aromatic heterocycles. The van der Waals surface area contributed by atoms with Crippen LogP contribution in [-0.2, 0) is 4.79 Å². The van der Waals surface area contributed by atoms with E-state index in [1.807, 2.05) is 0 Å². The fourth-order valence-electron chi connectivity index (χ4n) is 0.615. The number of aliphatic hydroxyl groups excluding tert-OH is 1. The summed E-state index contributed by atoms with van der Waals surface area (Å²) in [6.07, 6.45) is -4.57. The van der Waals surface area contributed by atoms with E-state index in [2.05, 4.69) is 0 Å². The minimum Gasteiger partial charge on any atom is -0.385 e. The first kappa shape index (κ1) is 11.4. The summed E-state index contributed by atoms with van der Waals surface area (Å²) in [6, 6.07) is 0. The topological polar surface area (TPSA) is 124 Å². The molecule has 0 saturated heterocycles. The number of rotatable bonds is 5. The summed E-state index contributed by atoms with van der Waals surface area (Å²) in [5.41, 5.74) is 0. The Balaban J connectivity index is 4.35. The molecule has 0 fully saturated rings. The average Bonchev–Trinajstić information content (AvgIpc) is 1.97. The molecule has 0 aromatic carbocycles. The average molecular weight is 192 g/mol. The Morgan fingerprint density at radius 1 is 1.38 bits per heavy atom. The van der Waals surface area contributed by atoms with Crippen molar-refractivity contribution in [1.82, 2.24) is 0 Å². The smallest absolute Gasteiger partial charge is 0.385 e. The Morgan fingerprint density at radius 3 is 2.00 bits per heavy atom.